The molecule has 0 aliphatic rings. The molecule has 6 nitrogen and oxygen atoms in total. The number of H-pyrrole nitrogens is 1. The van der Waals surface area contributed by atoms with E-state index in [0.717, 1.165) is 5.69 Å². The minimum absolute atomic E-state index is 0.0406. The van der Waals surface area contributed by atoms with Gasteiger partial charge in [-0.3, -0.25) is 15.2 Å². The fourth-order valence-corrected chi connectivity index (χ4v) is 1.73. The Labute approximate surface area is 105 Å². The first-order chi connectivity index (χ1) is 8.16. The van der Waals surface area contributed by atoms with E-state index in [1.807, 2.05) is 0 Å². The van der Waals surface area contributed by atoms with Crippen molar-refractivity contribution in [3.05, 3.63) is 50.7 Å². The van der Waals surface area contributed by atoms with Gasteiger partial charge in [0.25, 0.3) is 5.69 Å². The molecule has 1 aromatic heterocycles. The van der Waals surface area contributed by atoms with Crippen molar-refractivity contribution in [1.29, 1.82) is 0 Å². The van der Waals surface area contributed by atoms with Gasteiger partial charge in [-0.15, -0.1) is 0 Å². The van der Waals surface area contributed by atoms with Crippen LogP contribution in [0.2, 0.25) is 0 Å². The van der Waals surface area contributed by atoms with Crippen molar-refractivity contribution in [1.82, 2.24) is 10.2 Å². The molecule has 1 aromatic carbocycles. The van der Waals surface area contributed by atoms with E-state index in [-0.39, 0.29) is 5.69 Å². The number of nitrogens with zero attached hydrogens (tertiary/aromatic N) is 2. The number of nitro groups is 1. The minimum atomic E-state index is -0.417. The van der Waals surface area contributed by atoms with Crippen LogP contribution in [-0.2, 0) is 6.54 Å². The average molecular weight is 297 g/mol. The molecule has 2 aromatic rings. The standard InChI is InChI=1S/C10H9BrN4O2/c11-7-1-2-9(10(5-7)15(16)17)12-6-8-3-4-13-14-8/h1-5,12H,6H2,(H,13,14). The molecule has 2 N–H and O–H groups in total. The van der Waals surface area contributed by atoms with E-state index < -0.39 is 4.92 Å². The Morgan fingerprint density at radius 2 is 2.29 bits per heavy atom. The topological polar surface area (TPSA) is 83.8 Å². The van der Waals surface area contributed by atoms with Crippen LogP contribution < -0.4 is 5.32 Å². The van der Waals surface area contributed by atoms with Crippen molar-refractivity contribution in [2.75, 3.05) is 5.32 Å². The van der Waals surface area contributed by atoms with E-state index in [9.17, 15) is 10.1 Å². The molecule has 0 saturated carbocycles. The van der Waals surface area contributed by atoms with Crippen molar-refractivity contribution in [2.24, 2.45) is 0 Å². The van der Waals surface area contributed by atoms with Gasteiger partial charge >= 0.3 is 0 Å². The zero-order valence-corrected chi connectivity index (χ0v) is 10.3. The van der Waals surface area contributed by atoms with E-state index >= 15 is 0 Å². The third kappa shape index (κ3) is 2.82. The minimum Gasteiger partial charge on any atom is -0.374 e. The molecule has 0 saturated heterocycles. The maximum atomic E-state index is 10.9. The number of nitrogens with one attached hydrogen (secondary N) is 2. The fourth-order valence-electron chi connectivity index (χ4n) is 1.38. The smallest absolute Gasteiger partial charge is 0.293 e. The number of anilines is 1. The second-order valence-electron chi connectivity index (χ2n) is 3.35. The first-order valence-corrected chi connectivity index (χ1v) is 5.62. The Kier molecular flexibility index (Phi) is 3.38. The van der Waals surface area contributed by atoms with Crippen LogP contribution in [0.15, 0.2) is 34.9 Å². The van der Waals surface area contributed by atoms with Gasteiger partial charge < -0.3 is 5.32 Å². The summed E-state index contributed by atoms with van der Waals surface area (Å²) in [6.07, 6.45) is 1.63. The molecule has 0 aliphatic carbocycles. The number of hydrogen-bond acceptors (Lipinski definition) is 4. The number of rotatable bonds is 4. The molecule has 2 rings (SSSR count). The van der Waals surface area contributed by atoms with Crippen LogP contribution >= 0.6 is 15.9 Å². The van der Waals surface area contributed by atoms with Gasteiger partial charge in [-0.2, -0.15) is 5.10 Å². The maximum Gasteiger partial charge on any atom is 0.293 e. The zero-order valence-electron chi connectivity index (χ0n) is 8.68. The summed E-state index contributed by atoms with van der Waals surface area (Å²) < 4.78 is 0.677. The highest BCUT2D eigenvalue weighted by Crippen LogP contribution is 2.28. The number of aromatic nitrogens is 2. The Morgan fingerprint density at radius 3 is 2.94 bits per heavy atom. The summed E-state index contributed by atoms with van der Waals surface area (Å²) in [5.41, 5.74) is 1.38. The summed E-state index contributed by atoms with van der Waals surface area (Å²) in [7, 11) is 0. The van der Waals surface area contributed by atoms with Crippen molar-refractivity contribution in [3.8, 4) is 0 Å². The molecule has 0 fully saturated rings. The van der Waals surface area contributed by atoms with Crippen molar-refractivity contribution >= 4 is 27.3 Å². The monoisotopic (exact) mass is 296 g/mol. The first-order valence-electron chi connectivity index (χ1n) is 4.83. The molecule has 0 spiro atoms. The summed E-state index contributed by atoms with van der Waals surface area (Å²) in [4.78, 5) is 10.4. The molecular weight excluding hydrogens is 288 g/mol. The lowest BCUT2D eigenvalue weighted by atomic mass is 10.2. The zero-order chi connectivity index (χ0) is 12.3. The lowest BCUT2D eigenvalue weighted by Crippen LogP contribution is -2.02. The van der Waals surface area contributed by atoms with Crippen LogP contribution in [0.5, 0.6) is 0 Å². The van der Waals surface area contributed by atoms with E-state index in [2.05, 4.69) is 31.4 Å². The molecular formula is C10H9BrN4O2. The third-order valence-corrected chi connectivity index (χ3v) is 2.68. The third-order valence-electron chi connectivity index (χ3n) is 2.18. The molecule has 88 valence electrons. The van der Waals surface area contributed by atoms with Gasteiger partial charge in [-0.05, 0) is 18.2 Å². The van der Waals surface area contributed by atoms with E-state index in [4.69, 9.17) is 0 Å². The SMILES string of the molecule is O=[N+]([O-])c1cc(Br)ccc1NCc1ccn[nH]1. The highest BCUT2D eigenvalue weighted by molar-refractivity contribution is 9.10. The fraction of sp³-hybridized carbons (Fsp3) is 0.100. The molecule has 0 radical (unpaired) electrons. The number of nitro benzene ring substituents is 1. The molecule has 0 bridgehead atoms. The molecule has 1 heterocycles. The molecule has 7 heteroatoms. The molecule has 0 unspecified atom stereocenters. The van der Waals surface area contributed by atoms with Gasteiger partial charge in [-0.25, -0.2) is 0 Å². The Balaban J connectivity index is 2.17. The number of aromatic amines is 1. The van der Waals surface area contributed by atoms with Crippen molar-refractivity contribution < 1.29 is 4.92 Å². The van der Waals surface area contributed by atoms with Gasteiger partial charge in [0.15, 0.2) is 0 Å². The molecule has 0 aliphatic heterocycles. The first kappa shape index (κ1) is 11.6. The Morgan fingerprint density at radius 1 is 1.47 bits per heavy atom. The second kappa shape index (κ2) is 4.96. The lowest BCUT2D eigenvalue weighted by Gasteiger charge is -2.05. The van der Waals surface area contributed by atoms with E-state index in [1.165, 1.54) is 6.07 Å². The normalized spacial score (nSPS) is 10.2. The molecule has 0 amide bonds. The van der Waals surface area contributed by atoms with Gasteiger partial charge in [0.05, 0.1) is 17.2 Å². The summed E-state index contributed by atoms with van der Waals surface area (Å²) in [5.74, 6) is 0. The number of benzene rings is 1. The van der Waals surface area contributed by atoms with E-state index in [1.54, 1.807) is 24.4 Å². The summed E-state index contributed by atoms with van der Waals surface area (Å²) in [6, 6.07) is 6.69. The quantitative estimate of drug-likeness (QED) is 0.671. The molecule has 17 heavy (non-hydrogen) atoms. The maximum absolute atomic E-state index is 10.9. The van der Waals surface area contributed by atoms with E-state index in [0.29, 0.717) is 16.7 Å². The summed E-state index contributed by atoms with van der Waals surface area (Å²) in [5, 5.41) is 20.4. The predicted octanol–water partition coefficient (Wildman–Crippen LogP) is 2.69. The largest absolute Gasteiger partial charge is 0.374 e. The second-order valence-corrected chi connectivity index (χ2v) is 4.27. The highest BCUT2D eigenvalue weighted by atomic mass is 79.9. The van der Waals surface area contributed by atoms with Crippen LogP contribution in [-0.4, -0.2) is 15.1 Å². The van der Waals surface area contributed by atoms with Crippen LogP contribution in [0.1, 0.15) is 5.69 Å². The van der Waals surface area contributed by atoms with Crippen LogP contribution in [0.25, 0.3) is 0 Å². The van der Waals surface area contributed by atoms with Crippen molar-refractivity contribution in [3.63, 3.8) is 0 Å². The van der Waals surface area contributed by atoms with Crippen LogP contribution in [0.3, 0.4) is 0 Å². The Hall–Kier alpha value is -1.89. The van der Waals surface area contributed by atoms with Gasteiger partial charge in [0.2, 0.25) is 0 Å². The van der Waals surface area contributed by atoms with Gasteiger partial charge in [-0.1, -0.05) is 15.9 Å². The number of hydrogen-bond donors (Lipinski definition) is 2. The summed E-state index contributed by atoms with van der Waals surface area (Å²) >= 11 is 3.21. The summed E-state index contributed by atoms with van der Waals surface area (Å²) in [6.45, 7) is 0.461. The Bertz CT molecular complexity index is 527. The van der Waals surface area contributed by atoms with Crippen molar-refractivity contribution in [2.45, 2.75) is 6.54 Å². The van der Waals surface area contributed by atoms with Crippen LogP contribution in [0.4, 0.5) is 11.4 Å². The predicted molar refractivity (Wildman–Crippen MR) is 66.7 cm³/mol. The van der Waals surface area contributed by atoms with Crippen LogP contribution in [0, 0.1) is 10.1 Å². The highest BCUT2D eigenvalue weighted by Gasteiger charge is 2.13. The number of halogens is 1. The average Bonchev–Trinajstić information content (AvgIpc) is 2.80. The molecule has 0 atom stereocenters. The van der Waals surface area contributed by atoms with Gasteiger partial charge in [0, 0.05) is 16.7 Å². The van der Waals surface area contributed by atoms with Gasteiger partial charge in [0.1, 0.15) is 5.69 Å². The lowest BCUT2D eigenvalue weighted by molar-refractivity contribution is -0.384.